The molecule has 0 aliphatic rings. The third-order valence-electron chi connectivity index (χ3n) is 4.79. The number of hydrogen-bond donors (Lipinski definition) is 3. The van der Waals surface area contributed by atoms with Crippen LogP contribution in [0.2, 0.25) is 0 Å². The second-order valence-electron chi connectivity index (χ2n) is 7.53. The molecule has 0 bridgehead atoms. The van der Waals surface area contributed by atoms with Crippen LogP contribution in [0.15, 0.2) is 30.3 Å². The van der Waals surface area contributed by atoms with E-state index in [1.54, 1.807) is 12.1 Å². The summed E-state index contributed by atoms with van der Waals surface area (Å²) in [4.78, 5) is 46.2. The zero-order chi connectivity index (χ0) is 23.8. The first kappa shape index (κ1) is 26.9. The van der Waals surface area contributed by atoms with Gasteiger partial charge in [-0.1, -0.05) is 44.7 Å². The molecule has 1 rings (SSSR count). The van der Waals surface area contributed by atoms with Crippen LogP contribution in [0.1, 0.15) is 80.6 Å². The van der Waals surface area contributed by atoms with E-state index >= 15 is 0 Å². The first-order valence-electron chi connectivity index (χ1n) is 11.0. The maximum atomic E-state index is 12.6. The van der Waals surface area contributed by atoms with E-state index in [0.717, 1.165) is 31.8 Å². The van der Waals surface area contributed by atoms with E-state index in [1.165, 1.54) is 18.2 Å². The summed E-state index contributed by atoms with van der Waals surface area (Å²) in [5, 5.41) is 20.1. The molecule has 3 N–H and O–H groups in total. The standard InChI is InChI=1S/C24H33NO7/c1-2-3-4-6-9-20(23(30)25-17-8-5-7-10-21(26)27)32-24(31)19-14-11-18(12-15-19)13-16-22(28)29/h11-16,20H,2-10,17H2,1H3,(H,25,30)(H,26,27)(H,28,29). The van der Waals surface area contributed by atoms with Crippen LogP contribution in [0, 0.1) is 0 Å². The topological polar surface area (TPSA) is 130 Å². The summed E-state index contributed by atoms with van der Waals surface area (Å²) in [6.45, 7) is 2.48. The summed E-state index contributed by atoms with van der Waals surface area (Å²) < 4.78 is 5.49. The monoisotopic (exact) mass is 447 g/mol. The number of aliphatic carboxylic acids is 2. The maximum absolute atomic E-state index is 12.6. The summed E-state index contributed by atoms with van der Waals surface area (Å²) >= 11 is 0. The number of esters is 1. The number of benzene rings is 1. The van der Waals surface area contributed by atoms with Gasteiger partial charge in [-0.25, -0.2) is 9.59 Å². The molecule has 0 saturated carbocycles. The third kappa shape index (κ3) is 11.9. The molecule has 0 aromatic heterocycles. The van der Waals surface area contributed by atoms with Gasteiger partial charge in [0.05, 0.1) is 5.56 Å². The van der Waals surface area contributed by atoms with Gasteiger partial charge in [-0.3, -0.25) is 9.59 Å². The number of hydrogen-bond acceptors (Lipinski definition) is 5. The van der Waals surface area contributed by atoms with Crippen molar-refractivity contribution < 1.29 is 34.1 Å². The van der Waals surface area contributed by atoms with Crippen molar-refractivity contribution in [1.82, 2.24) is 5.32 Å². The van der Waals surface area contributed by atoms with Gasteiger partial charge in [0.1, 0.15) is 0 Å². The normalized spacial score (nSPS) is 11.8. The zero-order valence-electron chi connectivity index (χ0n) is 18.5. The Kier molecular flexibility index (Phi) is 13.1. The first-order chi connectivity index (χ1) is 15.3. The van der Waals surface area contributed by atoms with Crippen molar-refractivity contribution in [2.75, 3.05) is 6.54 Å². The summed E-state index contributed by atoms with van der Waals surface area (Å²) in [6.07, 6.45) is 7.75. The van der Waals surface area contributed by atoms with Gasteiger partial charge >= 0.3 is 17.9 Å². The van der Waals surface area contributed by atoms with Crippen molar-refractivity contribution >= 4 is 29.9 Å². The Balaban J connectivity index is 2.63. The van der Waals surface area contributed by atoms with Gasteiger partial charge in [0.15, 0.2) is 6.10 Å². The van der Waals surface area contributed by atoms with E-state index in [4.69, 9.17) is 14.9 Å². The van der Waals surface area contributed by atoms with Crippen molar-refractivity contribution in [2.24, 2.45) is 0 Å². The minimum absolute atomic E-state index is 0.108. The SMILES string of the molecule is CCCCCCC(OC(=O)c1ccc(C=CC(=O)O)cc1)C(=O)NCCCCCC(=O)O. The average molecular weight is 448 g/mol. The number of unbranched alkanes of at least 4 members (excludes halogenated alkanes) is 5. The molecule has 0 fully saturated rings. The van der Waals surface area contributed by atoms with Gasteiger partial charge in [-0.2, -0.15) is 0 Å². The Morgan fingerprint density at radius 3 is 2.28 bits per heavy atom. The number of amides is 1. The molecule has 0 saturated heterocycles. The zero-order valence-corrected chi connectivity index (χ0v) is 18.5. The van der Waals surface area contributed by atoms with Gasteiger partial charge in [0.2, 0.25) is 0 Å². The molecule has 8 nitrogen and oxygen atoms in total. The lowest BCUT2D eigenvalue weighted by Crippen LogP contribution is -2.38. The highest BCUT2D eigenvalue weighted by atomic mass is 16.5. The van der Waals surface area contributed by atoms with E-state index < -0.39 is 24.0 Å². The summed E-state index contributed by atoms with van der Waals surface area (Å²) in [7, 11) is 0. The van der Waals surface area contributed by atoms with Gasteiger partial charge < -0.3 is 20.3 Å². The van der Waals surface area contributed by atoms with Gasteiger partial charge in [0.25, 0.3) is 5.91 Å². The van der Waals surface area contributed by atoms with Gasteiger partial charge in [-0.05, 0) is 49.5 Å². The summed E-state index contributed by atoms with van der Waals surface area (Å²) in [5.41, 5.74) is 0.901. The molecular formula is C24H33NO7. The molecule has 1 amide bonds. The number of carbonyl (C=O) groups is 4. The fourth-order valence-corrected chi connectivity index (χ4v) is 3.00. The number of carboxylic acids is 2. The molecule has 0 aliphatic heterocycles. The van der Waals surface area contributed by atoms with Gasteiger partial charge in [-0.15, -0.1) is 0 Å². The highest BCUT2D eigenvalue weighted by Crippen LogP contribution is 2.13. The molecule has 32 heavy (non-hydrogen) atoms. The highest BCUT2D eigenvalue weighted by molar-refractivity contribution is 5.92. The number of carbonyl (C=O) groups excluding carboxylic acids is 2. The summed E-state index contributed by atoms with van der Waals surface area (Å²) in [5.74, 6) is -2.86. The van der Waals surface area contributed by atoms with Crippen LogP contribution >= 0.6 is 0 Å². The molecule has 1 unspecified atom stereocenters. The molecule has 0 aliphatic carbocycles. The van der Waals surface area contributed by atoms with Crippen LogP contribution < -0.4 is 5.32 Å². The summed E-state index contributed by atoms with van der Waals surface area (Å²) in [6, 6.07) is 6.25. The predicted molar refractivity (Wildman–Crippen MR) is 120 cm³/mol. The lowest BCUT2D eigenvalue weighted by Gasteiger charge is -2.18. The Hall–Kier alpha value is -3.16. The molecule has 1 aromatic carbocycles. The number of carboxylic acid groups (broad SMARTS) is 2. The average Bonchev–Trinajstić information content (AvgIpc) is 2.76. The van der Waals surface area contributed by atoms with Crippen molar-refractivity contribution in [3.8, 4) is 0 Å². The van der Waals surface area contributed by atoms with E-state index in [9.17, 15) is 19.2 Å². The first-order valence-corrected chi connectivity index (χ1v) is 11.0. The van der Waals surface area contributed by atoms with E-state index in [1.807, 2.05) is 0 Å². The van der Waals surface area contributed by atoms with E-state index in [-0.39, 0.29) is 17.9 Å². The number of nitrogens with one attached hydrogen (secondary N) is 1. The van der Waals surface area contributed by atoms with Crippen LogP contribution in [-0.2, 0) is 19.1 Å². The van der Waals surface area contributed by atoms with Crippen molar-refractivity contribution in [1.29, 1.82) is 0 Å². The molecule has 0 spiro atoms. The Morgan fingerprint density at radius 2 is 1.66 bits per heavy atom. The Bertz CT molecular complexity index is 771. The fraction of sp³-hybridized carbons (Fsp3) is 0.500. The quantitative estimate of drug-likeness (QED) is 0.198. The third-order valence-corrected chi connectivity index (χ3v) is 4.79. The fourth-order valence-electron chi connectivity index (χ4n) is 3.00. The van der Waals surface area contributed by atoms with Crippen molar-refractivity contribution in [2.45, 2.75) is 70.8 Å². The molecular weight excluding hydrogens is 414 g/mol. The smallest absolute Gasteiger partial charge is 0.338 e. The maximum Gasteiger partial charge on any atom is 0.338 e. The minimum Gasteiger partial charge on any atom is -0.481 e. The van der Waals surface area contributed by atoms with E-state index in [0.29, 0.717) is 37.8 Å². The van der Waals surface area contributed by atoms with Crippen LogP contribution in [0.5, 0.6) is 0 Å². The Labute approximate surface area is 188 Å². The lowest BCUT2D eigenvalue weighted by molar-refractivity contribution is -0.137. The van der Waals surface area contributed by atoms with E-state index in [2.05, 4.69) is 12.2 Å². The predicted octanol–water partition coefficient (Wildman–Crippen LogP) is 4.04. The molecule has 0 heterocycles. The minimum atomic E-state index is -1.06. The molecule has 1 aromatic rings. The van der Waals surface area contributed by atoms with Crippen LogP contribution in [-0.4, -0.2) is 46.7 Å². The van der Waals surface area contributed by atoms with Crippen LogP contribution in [0.3, 0.4) is 0 Å². The van der Waals surface area contributed by atoms with Crippen molar-refractivity contribution in [3.63, 3.8) is 0 Å². The molecule has 1 atom stereocenters. The molecule has 8 heteroatoms. The van der Waals surface area contributed by atoms with Crippen molar-refractivity contribution in [3.05, 3.63) is 41.5 Å². The second-order valence-corrected chi connectivity index (χ2v) is 7.53. The largest absolute Gasteiger partial charge is 0.481 e. The Morgan fingerprint density at radius 1 is 0.969 bits per heavy atom. The van der Waals surface area contributed by atoms with Gasteiger partial charge in [0, 0.05) is 19.0 Å². The van der Waals surface area contributed by atoms with Crippen LogP contribution in [0.25, 0.3) is 6.08 Å². The van der Waals surface area contributed by atoms with Crippen LogP contribution in [0.4, 0.5) is 0 Å². The number of rotatable bonds is 16. The molecule has 176 valence electrons. The number of ether oxygens (including phenoxy) is 1. The second kappa shape index (κ2) is 15.6. The lowest BCUT2D eigenvalue weighted by atomic mass is 10.1. The highest BCUT2D eigenvalue weighted by Gasteiger charge is 2.23. The molecule has 0 radical (unpaired) electrons.